The van der Waals surface area contributed by atoms with Crippen molar-refractivity contribution in [2.45, 2.75) is 78.4 Å². The number of aromatic nitrogens is 4. The molecule has 0 radical (unpaired) electrons. The van der Waals surface area contributed by atoms with Crippen molar-refractivity contribution in [3.63, 3.8) is 0 Å². The van der Waals surface area contributed by atoms with Crippen LogP contribution in [0.25, 0.3) is 10.2 Å². The van der Waals surface area contributed by atoms with E-state index in [1.807, 2.05) is 20.8 Å². The monoisotopic (exact) mass is 486 g/mol. The summed E-state index contributed by atoms with van der Waals surface area (Å²) >= 11 is 1.44. The van der Waals surface area contributed by atoms with Crippen LogP contribution < -0.4 is 27.4 Å². The van der Waals surface area contributed by atoms with Crippen LogP contribution in [0.4, 0.5) is 11.5 Å². The Morgan fingerprint density at radius 1 is 1.26 bits per heavy atom. The summed E-state index contributed by atoms with van der Waals surface area (Å²) in [6.45, 7) is 5.85. The van der Waals surface area contributed by atoms with Crippen molar-refractivity contribution in [1.82, 2.24) is 19.1 Å². The zero-order valence-electron chi connectivity index (χ0n) is 19.7. The first kappa shape index (κ1) is 23.9. The number of carbonyl (C=O) groups is 1. The Morgan fingerprint density at radius 3 is 2.65 bits per heavy atom. The molecule has 1 fully saturated rings. The number of unbranched alkanes of at least 4 members (excludes halogenated alkanes) is 1. The van der Waals surface area contributed by atoms with Gasteiger partial charge in [0.2, 0.25) is 5.91 Å². The number of nitrogens with two attached hydrogens (primary N) is 1. The maximum absolute atomic E-state index is 13.6. The second-order valence-corrected chi connectivity index (χ2v) is 10.0. The zero-order chi connectivity index (χ0) is 24.6. The maximum Gasteiger partial charge on any atom is 0.330 e. The van der Waals surface area contributed by atoms with Crippen LogP contribution in [-0.4, -0.2) is 31.1 Å². The normalized spacial score (nSPS) is 14.2. The molecule has 1 amide bonds. The minimum absolute atomic E-state index is 0.0164. The number of H-pyrrole nitrogens is 1. The van der Waals surface area contributed by atoms with Crippen LogP contribution in [0.15, 0.2) is 20.7 Å². The fourth-order valence-corrected chi connectivity index (χ4v) is 5.61. The van der Waals surface area contributed by atoms with Gasteiger partial charge in [-0.3, -0.25) is 33.4 Å². The van der Waals surface area contributed by atoms with E-state index in [1.54, 1.807) is 0 Å². The Morgan fingerprint density at radius 2 is 1.97 bits per heavy atom. The van der Waals surface area contributed by atoms with Gasteiger partial charge >= 0.3 is 5.69 Å². The first-order valence-corrected chi connectivity index (χ1v) is 12.5. The molecule has 1 aliphatic carbocycles. The third-order valence-corrected chi connectivity index (χ3v) is 7.73. The number of carbonyl (C=O) groups excluding carboxylic acids is 1. The molecular formula is C23H30N6O4S. The number of nitrogens with one attached hydrogen (secondary N) is 1. The lowest BCUT2D eigenvalue weighted by molar-refractivity contribution is -0.119. The van der Waals surface area contributed by atoms with Crippen LogP contribution in [0, 0.1) is 13.8 Å². The Bertz CT molecular complexity index is 1410. The van der Waals surface area contributed by atoms with Crippen LogP contribution in [0.3, 0.4) is 0 Å². The number of nitrogens with zero attached hydrogens (tertiary/aromatic N) is 4. The van der Waals surface area contributed by atoms with Crippen molar-refractivity contribution in [2.24, 2.45) is 0 Å². The third kappa shape index (κ3) is 4.20. The highest BCUT2D eigenvalue weighted by atomic mass is 32.1. The lowest BCUT2D eigenvalue weighted by Crippen LogP contribution is -2.47. The highest BCUT2D eigenvalue weighted by Crippen LogP contribution is 2.30. The van der Waals surface area contributed by atoms with Gasteiger partial charge in [-0.2, -0.15) is 0 Å². The topological polar surface area (TPSA) is 136 Å². The molecule has 182 valence electrons. The molecular weight excluding hydrogens is 456 g/mol. The van der Waals surface area contributed by atoms with Crippen molar-refractivity contribution < 1.29 is 4.79 Å². The molecule has 34 heavy (non-hydrogen) atoms. The molecule has 0 spiro atoms. The van der Waals surface area contributed by atoms with E-state index in [2.05, 4.69) is 9.97 Å². The minimum Gasteiger partial charge on any atom is -0.383 e. The third-order valence-electron chi connectivity index (χ3n) is 6.61. The standard InChI is InChI=1S/C23H30N6O4S/c1-4-5-10-28-19(24)18(20(31)26-23(28)33)29(15-8-6-7-9-15)16(30)11-27-12-25-21-17(22(27)32)13(2)14(3)34-21/h12,15H,4-11,24H2,1-3H3,(H,26,31,33). The van der Waals surface area contributed by atoms with Crippen molar-refractivity contribution >= 4 is 39.0 Å². The number of rotatable bonds is 7. The average molecular weight is 487 g/mol. The van der Waals surface area contributed by atoms with Crippen molar-refractivity contribution in [2.75, 3.05) is 10.6 Å². The summed E-state index contributed by atoms with van der Waals surface area (Å²) in [7, 11) is 0. The van der Waals surface area contributed by atoms with Gasteiger partial charge in [0.05, 0.1) is 11.7 Å². The summed E-state index contributed by atoms with van der Waals surface area (Å²) in [6.07, 6.45) is 6.19. The molecule has 11 heteroatoms. The molecule has 0 atom stereocenters. The smallest absolute Gasteiger partial charge is 0.330 e. The quantitative estimate of drug-likeness (QED) is 0.526. The lowest BCUT2D eigenvalue weighted by atomic mass is 10.1. The number of amides is 1. The number of hydrogen-bond acceptors (Lipinski definition) is 7. The molecule has 3 heterocycles. The molecule has 0 saturated heterocycles. The van der Waals surface area contributed by atoms with E-state index in [9.17, 15) is 19.2 Å². The van der Waals surface area contributed by atoms with Crippen LogP contribution >= 0.6 is 11.3 Å². The largest absolute Gasteiger partial charge is 0.383 e. The fourth-order valence-electron chi connectivity index (χ4n) is 4.63. The Kier molecular flexibility index (Phi) is 6.74. The van der Waals surface area contributed by atoms with E-state index in [0.29, 0.717) is 36.0 Å². The average Bonchev–Trinajstić information content (AvgIpc) is 3.41. The molecule has 0 bridgehead atoms. The molecule has 3 aromatic rings. The number of anilines is 2. The molecule has 1 aliphatic rings. The SMILES string of the molecule is CCCCn1c(N)c(N(C(=O)Cn2cnc3sc(C)c(C)c3c2=O)C2CCCC2)c(=O)[nH]c1=O. The summed E-state index contributed by atoms with van der Waals surface area (Å²) in [5.41, 5.74) is 5.59. The highest BCUT2D eigenvalue weighted by molar-refractivity contribution is 7.18. The van der Waals surface area contributed by atoms with Gasteiger partial charge in [0.25, 0.3) is 11.1 Å². The molecule has 3 aromatic heterocycles. The second kappa shape index (κ2) is 9.57. The van der Waals surface area contributed by atoms with Gasteiger partial charge in [0.15, 0.2) is 5.69 Å². The van der Waals surface area contributed by atoms with E-state index >= 15 is 0 Å². The van der Waals surface area contributed by atoms with E-state index in [-0.39, 0.29) is 29.7 Å². The van der Waals surface area contributed by atoms with Gasteiger partial charge in [-0.25, -0.2) is 9.78 Å². The van der Waals surface area contributed by atoms with E-state index < -0.39 is 17.2 Å². The molecule has 10 nitrogen and oxygen atoms in total. The van der Waals surface area contributed by atoms with Crippen LogP contribution in [-0.2, 0) is 17.9 Å². The number of fused-ring (bicyclic) bond motifs is 1. The number of thiophene rings is 1. The van der Waals surface area contributed by atoms with Gasteiger partial charge < -0.3 is 5.73 Å². The maximum atomic E-state index is 13.6. The number of aromatic amines is 1. The van der Waals surface area contributed by atoms with Crippen molar-refractivity contribution in [1.29, 1.82) is 0 Å². The van der Waals surface area contributed by atoms with Crippen molar-refractivity contribution in [3.05, 3.63) is 48.0 Å². The Hall–Kier alpha value is -3.21. The fraction of sp³-hybridized carbons (Fsp3) is 0.522. The highest BCUT2D eigenvalue weighted by Gasteiger charge is 2.33. The molecule has 4 rings (SSSR count). The summed E-state index contributed by atoms with van der Waals surface area (Å²) < 4.78 is 2.59. The molecule has 0 aliphatic heterocycles. The molecule has 1 saturated carbocycles. The lowest BCUT2D eigenvalue weighted by Gasteiger charge is -2.30. The zero-order valence-corrected chi connectivity index (χ0v) is 20.5. The molecule has 0 aromatic carbocycles. The molecule has 0 unspecified atom stereocenters. The first-order valence-electron chi connectivity index (χ1n) is 11.6. The predicted molar refractivity (Wildman–Crippen MR) is 134 cm³/mol. The number of nitrogen functional groups attached to an aromatic ring is 1. The second-order valence-electron chi connectivity index (χ2n) is 8.84. The van der Waals surface area contributed by atoms with Gasteiger partial charge in [0.1, 0.15) is 17.2 Å². The Labute approximate surface area is 200 Å². The summed E-state index contributed by atoms with van der Waals surface area (Å²) in [5.74, 6) is -0.453. The number of hydrogen-bond donors (Lipinski definition) is 2. The molecule has 3 N–H and O–H groups in total. The van der Waals surface area contributed by atoms with Gasteiger partial charge in [0, 0.05) is 17.5 Å². The van der Waals surface area contributed by atoms with Crippen molar-refractivity contribution in [3.8, 4) is 0 Å². The Balaban J connectivity index is 1.79. The number of aryl methyl sites for hydroxylation is 2. The minimum atomic E-state index is -0.694. The van der Waals surface area contributed by atoms with E-state index in [0.717, 1.165) is 29.7 Å². The summed E-state index contributed by atoms with van der Waals surface area (Å²) in [6, 6.07) is -0.231. The van der Waals surface area contributed by atoms with Gasteiger partial charge in [-0.15, -0.1) is 11.3 Å². The summed E-state index contributed by atoms with van der Waals surface area (Å²) in [4.78, 5) is 61.8. The van der Waals surface area contributed by atoms with E-state index in [4.69, 9.17) is 5.73 Å². The van der Waals surface area contributed by atoms with Crippen LogP contribution in [0.1, 0.15) is 55.9 Å². The van der Waals surface area contributed by atoms with Gasteiger partial charge in [-0.05, 0) is 38.7 Å². The summed E-state index contributed by atoms with van der Waals surface area (Å²) in [5, 5.41) is 0.510. The predicted octanol–water partition coefficient (Wildman–Crippen LogP) is 2.28. The van der Waals surface area contributed by atoms with Crippen LogP contribution in [0.5, 0.6) is 0 Å². The van der Waals surface area contributed by atoms with E-state index in [1.165, 1.54) is 31.7 Å². The van der Waals surface area contributed by atoms with Crippen LogP contribution in [0.2, 0.25) is 0 Å². The van der Waals surface area contributed by atoms with Gasteiger partial charge in [-0.1, -0.05) is 26.2 Å². The first-order chi connectivity index (χ1) is 16.2.